The highest BCUT2D eigenvalue weighted by molar-refractivity contribution is 7.88. The van der Waals surface area contributed by atoms with Crippen LogP contribution in [0, 0.1) is 5.92 Å². The number of ether oxygens (including phenoxy) is 2. The SMILES string of the molecule is CC1(C)O[C@@H]2[C@H](O1)[C@@H](C(C)(C)NS(C)(=O)=O)C[C@H]2N. The fraction of sp³-hybridized carbons (Fsp3) is 1.00. The number of hydrogen-bond acceptors (Lipinski definition) is 5. The summed E-state index contributed by atoms with van der Waals surface area (Å²) in [5.41, 5.74) is 5.49. The molecule has 0 spiro atoms. The predicted molar refractivity (Wildman–Crippen MR) is 72.0 cm³/mol. The summed E-state index contributed by atoms with van der Waals surface area (Å²) in [5.74, 6) is -0.670. The van der Waals surface area contributed by atoms with Crippen LogP contribution in [0.5, 0.6) is 0 Å². The Morgan fingerprint density at radius 3 is 2.32 bits per heavy atom. The zero-order chi connectivity index (χ0) is 14.6. The van der Waals surface area contributed by atoms with E-state index in [-0.39, 0.29) is 24.2 Å². The van der Waals surface area contributed by atoms with Gasteiger partial charge in [0.1, 0.15) is 6.10 Å². The van der Waals surface area contributed by atoms with E-state index in [9.17, 15) is 8.42 Å². The van der Waals surface area contributed by atoms with Crippen LogP contribution < -0.4 is 10.5 Å². The van der Waals surface area contributed by atoms with Gasteiger partial charge in [-0.25, -0.2) is 13.1 Å². The molecule has 6 nitrogen and oxygen atoms in total. The molecule has 3 N–H and O–H groups in total. The lowest BCUT2D eigenvalue weighted by molar-refractivity contribution is -0.160. The van der Waals surface area contributed by atoms with E-state index in [1.807, 2.05) is 27.7 Å². The number of sulfonamides is 1. The van der Waals surface area contributed by atoms with Gasteiger partial charge in [-0.3, -0.25) is 0 Å². The van der Waals surface area contributed by atoms with Gasteiger partial charge in [-0.15, -0.1) is 0 Å². The summed E-state index contributed by atoms with van der Waals surface area (Å²) < 4.78 is 37.4. The molecule has 0 bridgehead atoms. The normalized spacial score (nSPS) is 38.4. The van der Waals surface area contributed by atoms with Gasteiger partial charge in [0.15, 0.2) is 5.79 Å². The Kier molecular flexibility index (Phi) is 3.51. The lowest BCUT2D eigenvalue weighted by Gasteiger charge is -2.35. The number of fused-ring (bicyclic) bond motifs is 1. The largest absolute Gasteiger partial charge is 0.344 e. The lowest BCUT2D eigenvalue weighted by Crippen LogP contribution is -2.52. The van der Waals surface area contributed by atoms with Crippen LogP contribution in [0.2, 0.25) is 0 Å². The molecule has 0 aromatic carbocycles. The average Bonchev–Trinajstić information content (AvgIpc) is 2.58. The molecule has 2 aliphatic rings. The van der Waals surface area contributed by atoms with Crippen LogP contribution in [-0.4, -0.2) is 44.2 Å². The van der Waals surface area contributed by atoms with E-state index < -0.39 is 21.3 Å². The second-order valence-electron chi connectivity index (χ2n) is 6.67. The van der Waals surface area contributed by atoms with E-state index in [1.54, 1.807) is 0 Å². The molecule has 4 atom stereocenters. The Labute approximate surface area is 115 Å². The van der Waals surface area contributed by atoms with Crippen molar-refractivity contribution in [3.63, 3.8) is 0 Å². The summed E-state index contributed by atoms with van der Waals surface area (Å²) >= 11 is 0. The van der Waals surface area contributed by atoms with Crippen LogP contribution in [0.25, 0.3) is 0 Å². The third-order valence-electron chi connectivity index (χ3n) is 3.88. The van der Waals surface area contributed by atoms with Crippen molar-refractivity contribution in [3.8, 4) is 0 Å². The highest BCUT2D eigenvalue weighted by Crippen LogP contribution is 2.45. The molecule has 1 aliphatic heterocycles. The van der Waals surface area contributed by atoms with Crippen molar-refractivity contribution in [1.82, 2.24) is 4.72 Å². The molecule has 1 saturated carbocycles. The Hall–Kier alpha value is -0.210. The number of hydrogen-bond donors (Lipinski definition) is 2. The maximum Gasteiger partial charge on any atom is 0.209 e. The summed E-state index contributed by atoms with van der Waals surface area (Å²) in [5, 5.41) is 0. The molecule has 0 amide bonds. The Morgan fingerprint density at radius 2 is 1.79 bits per heavy atom. The van der Waals surface area contributed by atoms with E-state index in [4.69, 9.17) is 15.2 Å². The Bertz CT molecular complexity index is 460. The van der Waals surface area contributed by atoms with E-state index >= 15 is 0 Å². The molecule has 2 fully saturated rings. The van der Waals surface area contributed by atoms with Crippen LogP contribution in [0.4, 0.5) is 0 Å². The highest BCUT2D eigenvalue weighted by atomic mass is 32.2. The second-order valence-corrected chi connectivity index (χ2v) is 8.42. The summed E-state index contributed by atoms with van der Waals surface area (Å²) in [4.78, 5) is 0. The van der Waals surface area contributed by atoms with E-state index in [1.165, 1.54) is 0 Å². The second kappa shape index (κ2) is 4.39. The quantitative estimate of drug-likeness (QED) is 0.774. The maximum atomic E-state index is 11.5. The van der Waals surface area contributed by atoms with Crippen LogP contribution in [0.1, 0.15) is 34.1 Å². The van der Waals surface area contributed by atoms with Crippen molar-refractivity contribution in [3.05, 3.63) is 0 Å². The minimum atomic E-state index is -3.28. The molecule has 1 heterocycles. The van der Waals surface area contributed by atoms with Crippen LogP contribution in [0.3, 0.4) is 0 Å². The molecular weight excluding hydrogens is 268 g/mol. The Morgan fingerprint density at radius 1 is 1.26 bits per heavy atom. The van der Waals surface area contributed by atoms with Crippen LogP contribution in [-0.2, 0) is 19.5 Å². The maximum absolute atomic E-state index is 11.5. The first-order valence-electron chi connectivity index (χ1n) is 6.51. The van der Waals surface area contributed by atoms with Gasteiger partial charge in [0.2, 0.25) is 10.0 Å². The fourth-order valence-electron chi connectivity index (χ4n) is 3.28. The van der Waals surface area contributed by atoms with Gasteiger partial charge in [0.05, 0.1) is 12.4 Å². The highest BCUT2D eigenvalue weighted by Gasteiger charge is 2.56. The molecular formula is C12H24N2O4S. The van der Waals surface area contributed by atoms with Crippen LogP contribution in [0.15, 0.2) is 0 Å². The summed E-state index contributed by atoms with van der Waals surface area (Å²) in [6.07, 6.45) is 1.51. The molecule has 0 aromatic heterocycles. The van der Waals surface area contributed by atoms with Crippen molar-refractivity contribution in [2.45, 2.75) is 63.7 Å². The predicted octanol–water partition coefficient (Wildman–Crippen LogP) is 0.182. The van der Waals surface area contributed by atoms with E-state index in [2.05, 4.69) is 4.72 Å². The first kappa shape index (κ1) is 15.2. The molecule has 112 valence electrons. The monoisotopic (exact) mass is 292 g/mol. The standard InChI is InChI=1S/C12H24N2O4S/c1-11(2,14-19(5,15)16)7-6-8(13)10-9(7)17-12(3,4)18-10/h7-10,14H,6,13H2,1-5H3/t7-,8+,9+,10-/m0/s1. The topological polar surface area (TPSA) is 90.6 Å². The van der Waals surface area contributed by atoms with Crippen molar-refractivity contribution in [2.75, 3.05) is 6.26 Å². The molecule has 0 radical (unpaired) electrons. The fourth-order valence-corrected chi connectivity index (χ4v) is 4.39. The Balaban J connectivity index is 2.22. The molecule has 7 heteroatoms. The van der Waals surface area contributed by atoms with E-state index in [0.717, 1.165) is 6.26 Å². The minimum Gasteiger partial charge on any atom is -0.344 e. The summed E-state index contributed by atoms with van der Waals surface area (Å²) in [7, 11) is -3.28. The van der Waals surface area contributed by atoms with Crippen molar-refractivity contribution in [2.24, 2.45) is 11.7 Å². The number of rotatable bonds is 3. The summed E-state index contributed by atoms with van der Waals surface area (Å²) in [6.45, 7) is 7.43. The molecule has 0 aromatic rings. The van der Waals surface area contributed by atoms with Crippen molar-refractivity contribution < 1.29 is 17.9 Å². The first-order valence-corrected chi connectivity index (χ1v) is 8.41. The van der Waals surface area contributed by atoms with Crippen LogP contribution >= 0.6 is 0 Å². The van der Waals surface area contributed by atoms with E-state index in [0.29, 0.717) is 6.42 Å². The smallest absolute Gasteiger partial charge is 0.209 e. The average molecular weight is 292 g/mol. The number of nitrogens with two attached hydrogens (primary N) is 1. The van der Waals surface area contributed by atoms with Crippen molar-refractivity contribution in [1.29, 1.82) is 0 Å². The molecule has 1 saturated heterocycles. The zero-order valence-electron chi connectivity index (χ0n) is 12.1. The zero-order valence-corrected chi connectivity index (χ0v) is 13.0. The van der Waals surface area contributed by atoms with Gasteiger partial charge < -0.3 is 15.2 Å². The first-order chi connectivity index (χ1) is 8.41. The molecule has 19 heavy (non-hydrogen) atoms. The molecule has 2 rings (SSSR count). The lowest BCUT2D eigenvalue weighted by atomic mass is 9.85. The van der Waals surface area contributed by atoms with Gasteiger partial charge in [-0.1, -0.05) is 0 Å². The summed E-state index contributed by atoms with van der Waals surface area (Å²) in [6, 6.07) is -0.127. The van der Waals surface area contributed by atoms with Gasteiger partial charge in [-0.2, -0.15) is 0 Å². The third kappa shape index (κ3) is 3.11. The molecule has 0 unspecified atom stereocenters. The van der Waals surface area contributed by atoms with Crippen molar-refractivity contribution >= 4 is 10.0 Å². The molecule has 1 aliphatic carbocycles. The minimum absolute atomic E-state index is 0.0102. The van der Waals surface area contributed by atoms with Gasteiger partial charge in [0.25, 0.3) is 0 Å². The number of nitrogens with one attached hydrogen (secondary N) is 1. The van der Waals surface area contributed by atoms with Gasteiger partial charge >= 0.3 is 0 Å². The third-order valence-corrected chi connectivity index (χ3v) is 4.78. The van der Waals surface area contributed by atoms with Gasteiger partial charge in [-0.05, 0) is 34.1 Å². The van der Waals surface area contributed by atoms with Gasteiger partial charge in [0, 0.05) is 17.5 Å².